The third-order valence-corrected chi connectivity index (χ3v) is 4.24. The third kappa shape index (κ3) is 3.64. The Morgan fingerprint density at radius 1 is 1.42 bits per heavy atom. The molecule has 1 aromatic carbocycles. The predicted molar refractivity (Wildman–Crippen MR) is 98.0 cm³/mol. The summed E-state index contributed by atoms with van der Waals surface area (Å²) in [5.74, 6) is -0.626. The molecule has 0 aliphatic rings. The molecule has 3 rings (SSSR count). The van der Waals surface area contributed by atoms with E-state index < -0.39 is 10.8 Å². The van der Waals surface area contributed by atoms with E-state index in [1.54, 1.807) is 43.0 Å². The van der Waals surface area contributed by atoms with Crippen molar-refractivity contribution in [1.29, 1.82) is 0 Å². The van der Waals surface area contributed by atoms with Crippen molar-refractivity contribution in [2.45, 2.75) is 13.5 Å². The molecule has 26 heavy (non-hydrogen) atoms. The van der Waals surface area contributed by atoms with Gasteiger partial charge in [-0.25, -0.2) is 0 Å². The molecule has 0 spiro atoms. The second-order valence-electron chi connectivity index (χ2n) is 5.67. The molecule has 0 bridgehead atoms. The van der Waals surface area contributed by atoms with Gasteiger partial charge in [0.2, 0.25) is 5.69 Å². The van der Waals surface area contributed by atoms with Crippen LogP contribution in [-0.2, 0) is 13.6 Å². The van der Waals surface area contributed by atoms with Gasteiger partial charge in [0, 0.05) is 18.9 Å². The van der Waals surface area contributed by atoms with E-state index in [2.05, 4.69) is 31.4 Å². The number of aromatic nitrogens is 4. The number of nitrogens with zero attached hydrogens (tertiary/aromatic N) is 5. The average Bonchev–Trinajstić information content (AvgIpc) is 3.11. The molecule has 134 valence electrons. The van der Waals surface area contributed by atoms with Crippen LogP contribution in [0.3, 0.4) is 0 Å². The summed E-state index contributed by atoms with van der Waals surface area (Å²) in [6.07, 6.45) is 3.53. The van der Waals surface area contributed by atoms with Gasteiger partial charge in [-0.1, -0.05) is 12.1 Å². The van der Waals surface area contributed by atoms with Crippen LogP contribution in [0.1, 0.15) is 21.7 Å². The third-order valence-electron chi connectivity index (χ3n) is 3.83. The van der Waals surface area contributed by atoms with Gasteiger partial charge >= 0.3 is 5.69 Å². The maximum Gasteiger partial charge on any atom is 0.322 e. The maximum absolute atomic E-state index is 12.5. The van der Waals surface area contributed by atoms with E-state index in [1.807, 2.05) is 12.3 Å². The van der Waals surface area contributed by atoms with Crippen LogP contribution < -0.4 is 5.32 Å². The number of hydrogen-bond donors (Lipinski definition) is 1. The number of hydrogen-bond acceptors (Lipinski definition) is 5. The Kier molecular flexibility index (Phi) is 4.85. The first kappa shape index (κ1) is 17.8. The SMILES string of the molecule is Cc1c([N+](=O)[O-])c(C(=O)Nc2cccc(Cn3cc(Br)cn3)c2)nn1C. The number of halogens is 1. The number of carbonyl (C=O) groups is 1. The quantitative estimate of drug-likeness (QED) is 0.506. The van der Waals surface area contributed by atoms with Gasteiger partial charge in [0.1, 0.15) is 5.69 Å². The van der Waals surface area contributed by atoms with E-state index in [0.717, 1.165) is 10.0 Å². The Hall–Kier alpha value is -3.01. The summed E-state index contributed by atoms with van der Waals surface area (Å²) in [5.41, 5.74) is 1.26. The lowest BCUT2D eigenvalue weighted by atomic mass is 10.2. The molecule has 0 saturated carbocycles. The number of carbonyl (C=O) groups excluding carboxylic acids is 1. The molecule has 0 aliphatic carbocycles. The van der Waals surface area contributed by atoms with Crippen molar-refractivity contribution in [3.63, 3.8) is 0 Å². The van der Waals surface area contributed by atoms with Crippen LogP contribution in [0.2, 0.25) is 0 Å². The Labute approximate surface area is 156 Å². The molecule has 1 N–H and O–H groups in total. The zero-order valence-electron chi connectivity index (χ0n) is 14.0. The first-order valence-corrected chi connectivity index (χ1v) is 8.40. The molecule has 0 atom stereocenters. The molecule has 0 unspecified atom stereocenters. The number of nitro groups is 1. The highest BCUT2D eigenvalue weighted by atomic mass is 79.9. The van der Waals surface area contributed by atoms with Crippen molar-refractivity contribution in [2.24, 2.45) is 7.05 Å². The van der Waals surface area contributed by atoms with Crippen LogP contribution in [0.15, 0.2) is 41.1 Å². The normalized spacial score (nSPS) is 10.7. The van der Waals surface area contributed by atoms with E-state index in [9.17, 15) is 14.9 Å². The number of benzene rings is 1. The summed E-state index contributed by atoms with van der Waals surface area (Å²) < 4.78 is 3.94. The molecule has 1 amide bonds. The van der Waals surface area contributed by atoms with Crippen LogP contribution in [0.25, 0.3) is 0 Å². The zero-order chi connectivity index (χ0) is 18.8. The smallest absolute Gasteiger partial charge is 0.320 e. The van der Waals surface area contributed by atoms with Crippen molar-refractivity contribution in [3.05, 3.63) is 68.2 Å². The minimum atomic E-state index is -0.626. The average molecular weight is 419 g/mol. The van der Waals surface area contributed by atoms with Crippen molar-refractivity contribution < 1.29 is 9.72 Å². The summed E-state index contributed by atoms with van der Waals surface area (Å²) in [7, 11) is 1.56. The Balaban J connectivity index is 1.81. The zero-order valence-corrected chi connectivity index (χ0v) is 15.6. The monoisotopic (exact) mass is 418 g/mol. The summed E-state index contributed by atoms with van der Waals surface area (Å²) in [5, 5.41) is 22.0. The molecular formula is C16H15BrN6O3. The number of aryl methyl sites for hydroxylation is 1. The standard InChI is InChI=1S/C16H15BrN6O3/c1-10-15(23(25)26)14(20-21(10)2)16(24)19-13-5-3-4-11(6-13)8-22-9-12(17)7-18-22/h3-7,9H,8H2,1-2H3,(H,19,24). The molecule has 9 nitrogen and oxygen atoms in total. The second-order valence-corrected chi connectivity index (χ2v) is 6.59. The Morgan fingerprint density at radius 3 is 2.85 bits per heavy atom. The fourth-order valence-electron chi connectivity index (χ4n) is 2.52. The number of rotatable bonds is 5. The molecular weight excluding hydrogens is 404 g/mol. The van der Waals surface area contributed by atoms with E-state index in [0.29, 0.717) is 17.9 Å². The van der Waals surface area contributed by atoms with Gasteiger partial charge in [0.25, 0.3) is 5.91 Å². The highest BCUT2D eigenvalue weighted by Crippen LogP contribution is 2.23. The minimum absolute atomic E-state index is 0.212. The molecule has 0 saturated heterocycles. The molecule has 0 fully saturated rings. The largest absolute Gasteiger partial charge is 0.322 e. The lowest BCUT2D eigenvalue weighted by molar-refractivity contribution is -0.385. The van der Waals surface area contributed by atoms with E-state index >= 15 is 0 Å². The number of anilines is 1. The van der Waals surface area contributed by atoms with Crippen LogP contribution in [0, 0.1) is 17.0 Å². The lowest BCUT2D eigenvalue weighted by Gasteiger charge is -2.07. The van der Waals surface area contributed by atoms with Crippen molar-refractivity contribution in [1.82, 2.24) is 19.6 Å². The molecule has 2 aromatic heterocycles. The van der Waals surface area contributed by atoms with Gasteiger partial charge in [-0.05, 0) is 40.5 Å². The van der Waals surface area contributed by atoms with E-state index in [1.165, 1.54) is 4.68 Å². The first-order chi connectivity index (χ1) is 12.3. The Bertz CT molecular complexity index is 994. The van der Waals surface area contributed by atoms with Gasteiger partial charge in [-0.2, -0.15) is 10.2 Å². The molecule has 0 radical (unpaired) electrons. The molecule has 2 heterocycles. The predicted octanol–water partition coefficient (Wildman–Crippen LogP) is 2.90. The van der Waals surface area contributed by atoms with Gasteiger partial charge in [0.15, 0.2) is 0 Å². The second kappa shape index (κ2) is 7.08. The molecule has 0 aliphatic heterocycles. The Morgan fingerprint density at radius 2 is 2.19 bits per heavy atom. The van der Waals surface area contributed by atoms with Gasteiger partial charge in [-0.3, -0.25) is 24.3 Å². The van der Waals surface area contributed by atoms with E-state index in [-0.39, 0.29) is 11.4 Å². The fraction of sp³-hybridized carbons (Fsp3) is 0.188. The summed E-state index contributed by atoms with van der Waals surface area (Å²) in [6, 6.07) is 7.19. The van der Waals surface area contributed by atoms with Gasteiger partial charge < -0.3 is 5.32 Å². The van der Waals surface area contributed by atoms with Crippen LogP contribution in [-0.4, -0.2) is 30.4 Å². The van der Waals surface area contributed by atoms with Crippen molar-refractivity contribution >= 4 is 33.2 Å². The summed E-state index contributed by atoms with van der Waals surface area (Å²) in [6.45, 7) is 2.07. The summed E-state index contributed by atoms with van der Waals surface area (Å²) >= 11 is 3.34. The van der Waals surface area contributed by atoms with Crippen molar-refractivity contribution in [2.75, 3.05) is 5.32 Å². The van der Waals surface area contributed by atoms with Crippen molar-refractivity contribution in [3.8, 4) is 0 Å². The van der Waals surface area contributed by atoms with Gasteiger partial charge in [-0.15, -0.1) is 0 Å². The lowest BCUT2D eigenvalue weighted by Crippen LogP contribution is -2.15. The first-order valence-electron chi connectivity index (χ1n) is 7.61. The minimum Gasteiger partial charge on any atom is -0.320 e. The maximum atomic E-state index is 12.5. The van der Waals surface area contributed by atoms with Crippen LogP contribution in [0.4, 0.5) is 11.4 Å². The number of amides is 1. The molecule has 3 aromatic rings. The van der Waals surface area contributed by atoms with Gasteiger partial charge in [0.05, 0.1) is 22.1 Å². The van der Waals surface area contributed by atoms with E-state index in [4.69, 9.17) is 0 Å². The molecule has 10 heteroatoms. The summed E-state index contributed by atoms with van der Waals surface area (Å²) in [4.78, 5) is 23.1. The topological polar surface area (TPSA) is 108 Å². The highest BCUT2D eigenvalue weighted by molar-refractivity contribution is 9.10. The fourth-order valence-corrected chi connectivity index (χ4v) is 2.85. The highest BCUT2D eigenvalue weighted by Gasteiger charge is 2.28. The van der Waals surface area contributed by atoms with Crippen LogP contribution in [0.5, 0.6) is 0 Å². The van der Waals surface area contributed by atoms with Crippen LogP contribution >= 0.6 is 15.9 Å². The number of nitrogens with one attached hydrogen (secondary N) is 1.